The van der Waals surface area contributed by atoms with Crippen molar-refractivity contribution < 1.29 is 13.5 Å². The van der Waals surface area contributed by atoms with E-state index in [1.807, 2.05) is 42.5 Å². The van der Waals surface area contributed by atoms with Crippen LogP contribution in [0.15, 0.2) is 59.5 Å². The number of aliphatic hydroxyl groups is 1. The van der Waals surface area contributed by atoms with Gasteiger partial charge < -0.3 is 5.11 Å². The number of sulfonamides is 1. The van der Waals surface area contributed by atoms with E-state index in [1.165, 1.54) is 5.56 Å². The van der Waals surface area contributed by atoms with Crippen LogP contribution in [-0.2, 0) is 10.0 Å². The number of piperazine rings is 1. The lowest BCUT2D eigenvalue weighted by Gasteiger charge is -2.35. The number of hydrogen-bond acceptors (Lipinski definition) is 4. The number of benzene rings is 2. The van der Waals surface area contributed by atoms with Gasteiger partial charge in [0.2, 0.25) is 10.0 Å². The van der Waals surface area contributed by atoms with Gasteiger partial charge in [0.15, 0.2) is 0 Å². The van der Waals surface area contributed by atoms with Crippen LogP contribution >= 0.6 is 0 Å². The summed E-state index contributed by atoms with van der Waals surface area (Å²) in [5, 5.41) is 10.4. The molecule has 0 spiro atoms. The minimum Gasteiger partial charge on any atom is -0.387 e. The summed E-state index contributed by atoms with van der Waals surface area (Å²) >= 11 is 0. The first-order chi connectivity index (χ1) is 13.4. The maximum absolute atomic E-state index is 12.9. The predicted octanol–water partition coefficient (Wildman–Crippen LogP) is 3.24. The molecular weight excluding hydrogens is 372 g/mol. The molecule has 2 aromatic carbocycles. The van der Waals surface area contributed by atoms with E-state index in [4.69, 9.17) is 0 Å². The second-order valence-electron chi connectivity index (χ2n) is 7.51. The molecule has 1 heterocycles. The van der Waals surface area contributed by atoms with Crippen molar-refractivity contribution in [3.05, 3.63) is 65.7 Å². The molecule has 6 heteroatoms. The summed E-state index contributed by atoms with van der Waals surface area (Å²) in [6, 6.07) is 16.9. The largest absolute Gasteiger partial charge is 0.387 e. The van der Waals surface area contributed by atoms with Crippen molar-refractivity contribution in [3.63, 3.8) is 0 Å². The van der Waals surface area contributed by atoms with Gasteiger partial charge in [-0.05, 0) is 35.6 Å². The Hall–Kier alpha value is -1.73. The molecular formula is C22H30N2O3S. The van der Waals surface area contributed by atoms with E-state index in [-0.39, 0.29) is 0 Å². The molecule has 3 rings (SSSR count). The van der Waals surface area contributed by atoms with Gasteiger partial charge in [-0.3, -0.25) is 4.90 Å². The molecule has 1 N–H and O–H groups in total. The Balaban J connectivity index is 1.59. The van der Waals surface area contributed by atoms with Crippen molar-refractivity contribution >= 4 is 10.0 Å². The first kappa shape index (κ1) is 21.0. The highest BCUT2D eigenvalue weighted by atomic mass is 32.2. The molecule has 152 valence electrons. The minimum absolute atomic E-state index is 0.359. The number of nitrogens with zero attached hydrogens (tertiary/aromatic N) is 2. The standard InChI is InChI=1S/C22H30N2O3S/c1-3-18(2)19-9-11-21(12-10-19)28(26,27)24-15-13-23(14-16-24)17-22(25)20-7-5-4-6-8-20/h4-12,18,22,25H,3,13-17H2,1-2H3/t18-,22+/m1/s1. The smallest absolute Gasteiger partial charge is 0.243 e. The van der Waals surface area contributed by atoms with Crippen molar-refractivity contribution in [2.24, 2.45) is 0 Å². The van der Waals surface area contributed by atoms with E-state index in [0.29, 0.717) is 43.5 Å². The first-order valence-electron chi connectivity index (χ1n) is 9.97. The van der Waals surface area contributed by atoms with E-state index >= 15 is 0 Å². The van der Waals surface area contributed by atoms with E-state index in [1.54, 1.807) is 16.4 Å². The highest BCUT2D eigenvalue weighted by molar-refractivity contribution is 7.89. The maximum atomic E-state index is 12.9. The van der Waals surface area contributed by atoms with Crippen molar-refractivity contribution in [3.8, 4) is 0 Å². The summed E-state index contributed by atoms with van der Waals surface area (Å²) in [5.41, 5.74) is 2.06. The molecule has 1 fully saturated rings. The highest BCUT2D eigenvalue weighted by Gasteiger charge is 2.29. The minimum atomic E-state index is -3.47. The van der Waals surface area contributed by atoms with Gasteiger partial charge in [-0.25, -0.2) is 8.42 Å². The summed E-state index contributed by atoms with van der Waals surface area (Å²) in [7, 11) is -3.47. The Morgan fingerprint density at radius 1 is 0.929 bits per heavy atom. The molecule has 0 unspecified atom stereocenters. The summed E-state index contributed by atoms with van der Waals surface area (Å²) in [6.07, 6.45) is 0.473. The number of hydrogen-bond donors (Lipinski definition) is 1. The zero-order chi connectivity index (χ0) is 20.1. The normalized spacial score (nSPS) is 18.7. The molecule has 1 saturated heterocycles. The van der Waals surface area contributed by atoms with Crippen molar-refractivity contribution in [2.45, 2.75) is 37.2 Å². The van der Waals surface area contributed by atoms with Gasteiger partial charge in [-0.2, -0.15) is 4.31 Å². The SMILES string of the molecule is CC[C@@H](C)c1ccc(S(=O)(=O)N2CCN(C[C@H](O)c3ccccc3)CC2)cc1. The monoisotopic (exact) mass is 402 g/mol. The lowest BCUT2D eigenvalue weighted by Crippen LogP contribution is -2.49. The lowest BCUT2D eigenvalue weighted by atomic mass is 9.99. The van der Waals surface area contributed by atoms with Gasteiger partial charge >= 0.3 is 0 Å². The van der Waals surface area contributed by atoms with Crippen LogP contribution in [0.2, 0.25) is 0 Å². The maximum Gasteiger partial charge on any atom is 0.243 e. The predicted molar refractivity (Wildman–Crippen MR) is 112 cm³/mol. The van der Waals surface area contributed by atoms with Gasteiger partial charge in [-0.15, -0.1) is 0 Å². The Labute approximate surface area is 168 Å². The Morgan fingerprint density at radius 3 is 2.11 bits per heavy atom. The van der Waals surface area contributed by atoms with Gasteiger partial charge in [-0.1, -0.05) is 56.3 Å². The van der Waals surface area contributed by atoms with Crippen LogP contribution in [-0.4, -0.2) is 55.5 Å². The quantitative estimate of drug-likeness (QED) is 0.772. The molecule has 0 amide bonds. The second-order valence-corrected chi connectivity index (χ2v) is 9.45. The van der Waals surface area contributed by atoms with Crippen LogP contribution in [0.4, 0.5) is 0 Å². The Kier molecular flexibility index (Phi) is 6.88. The van der Waals surface area contributed by atoms with Crippen LogP contribution in [0.5, 0.6) is 0 Å². The third-order valence-electron chi connectivity index (χ3n) is 5.65. The number of aliphatic hydroxyl groups excluding tert-OH is 1. The topological polar surface area (TPSA) is 60.9 Å². The summed E-state index contributed by atoms with van der Waals surface area (Å²) in [4.78, 5) is 2.48. The van der Waals surface area contributed by atoms with Gasteiger partial charge in [0.25, 0.3) is 0 Å². The zero-order valence-corrected chi connectivity index (χ0v) is 17.5. The van der Waals surface area contributed by atoms with Crippen molar-refractivity contribution in [2.75, 3.05) is 32.7 Å². The first-order valence-corrected chi connectivity index (χ1v) is 11.4. The average molecular weight is 403 g/mol. The highest BCUT2D eigenvalue weighted by Crippen LogP contribution is 2.23. The molecule has 28 heavy (non-hydrogen) atoms. The third kappa shape index (κ3) is 4.81. The molecule has 2 atom stereocenters. The number of rotatable bonds is 7. The molecule has 0 aliphatic carbocycles. The van der Waals surface area contributed by atoms with E-state index in [9.17, 15) is 13.5 Å². The van der Waals surface area contributed by atoms with Crippen molar-refractivity contribution in [1.29, 1.82) is 0 Å². The fourth-order valence-electron chi connectivity index (χ4n) is 3.53. The van der Waals surface area contributed by atoms with Gasteiger partial charge in [0.1, 0.15) is 0 Å². The molecule has 0 radical (unpaired) electrons. The molecule has 2 aromatic rings. The van der Waals surface area contributed by atoms with Crippen LogP contribution in [0.25, 0.3) is 0 Å². The number of β-amino-alcohol motifs (C(OH)–C–C–N with tert-alkyl or cyclic N) is 1. The third-order valence-corrected chi connectivity index (χ3v) is 7.56. The Bertz CT molecular complexity index is 845. The Morgan fingerprint density at radius 2 is 1.54 bits per heavy atom. The van der Waals surface area contributed by atoms with Crippen LogP contribution in [0, 0.1) is 0 Å². The molecule has 0 saturated carbocycles. The second kappa shape index (κ2) is 9.18. The fourth-order valence-corrected chi connectivity index (χ4v) is 4.95. The molecule has 0 aromatic heterocycles. The van der Waals surface area contributed by atoms with Crippen LogP contribution in [0.1, 0.15) is 43.4 Å². The van der Waals surface area contributed by atoms with E-state index in [0.717, 1.165) is 12.0 Å². The van der Waals surface area contributed by atoms with E-state index in [2.05, 4.69) is 18.7 Å². The zero-order valence-electron chi connectivity index (χ0n) is 16.7. The molecule has 5 nitrogen and oxygen atoms in total. The van der Waals surface area contributed by atoms with E-state index < -0.39 is 16.1 Å². The summed E-state index contributed by atoms with van der Waals surface area (Å²) in [6.45, 7) is 6.91. The molecule has 1 aliphatic rings. The summed E-state index contributed by atoms with van der Waals surface area (Å²) < 4.78 is 27.4. The average Bonchev–Trinajstić information content (AvgIpc) is 2.74. The summed E-state index contributed by atoms with van der Waals surface area (Å²) in [5.74, 6) is 0.427. The fraction of sp³-hybridized carbons (Fsp3) is 0.455. The molecule has 1 aliphatic heterocycles. The van der Waals surface area contributed by atoms with Crippen molar-refractivity contribution in [1.82, 2.24) is 9.21 Å². The van der Waals surface area contributed by atoms with Gasteiger partial charge in [0, 0.05) is 32.7 Å². The van der Waals surface area contributed by atoms with Crippen LogP contribution < -0.4 is 0 Å². The molecule has 0 bridgehead atoms. The van der Waals surface area contributed by atoms with Crippen LogP contribution in [0.3, 0.4) is 0 Å². The van der Waals surface area contributed by atoms with Gasteiger partial charge in [0.05, 0.1) is 11.0 Å². The lowest BCUT2D eigenvalue weighted by molar-refractivity contribution is 0.0921.